The molecule has 0 fully saturated rings. The highest BCUT2D eigenvalue weighted by molar-refractivity contribution is 5.97. The van der Waals surface area contributed by atoms with Gasteiger partial charge in [-0.15, -0.1) is 0 Å². The van der Waals surface area contributed by atoms with Crippen LogP contribution in [-0.4, -0.2) is 42.4 Å². The first-order valence-electron chi connectivity index (χ1n) is 7.09. The molecule has 1 aromatic heterocycles. The van der Waals surface area contributed by atoms with Crippen LogP contribution in [0.2, 0.25) is 0 Å². The van der Waals surface area contributed by atoms with Crippen LogP contribution in [0.1, 0.15) is 15.9 Å². The zero-order valence-corrected chi connectivity index (χ0v) is 12.7. The van der Waals surface area contributed by atoms with Crippen molar-refractivity contribution in [3.05, 3.63) is 53.7 Å². The summed E-state index contributed by atoms with van der Waals surface area (Å²) >= 11 is 0. The van der Waals surface area contributed by atoms with Gasteiger partial charge in [0.15, 0.2) is 0 Å². The molecule has 0 bridgehead atoms. The van der Waals surface area contributed by atoms with Crippen LogP contribution in [0.3, 0.4) is 0 Å². The molecule has 2 N–H and O–H groups in total. The van der Waals surface area contributed by atoms with E-state index in [2.05, 4.69) is 10.3 Å². The van der Waals surface area contributed by atoms with Gasteiger partial charge >= 0.3 is 0 Å². The maximum atomic E-state index is 12.3. The number of aliphatic hydroxyl groups is 1. The highest BCUT2D eigenvalue weighted by Crippen LogP contribution is 2.23. The quantitative estimate of drug-likeness (QED) is 0.853. The molecule has 116 valence electrons. The van der Waals surface area contributed by atoms with Crippen LogP contribution in [-0.2, 0) is 4.74 Å². The van der Waals surface area contributed by atoms with Gasteiger partial charge in [0.1, 0.15) is 0 Å². The van der Waals surface area contributed by atoms with E-state index in [1.54, 1.807) is 12.3 Å². The minimum Gasteiger partial charge on any atom is -0.389 e. The van der Waals surface area contributed by atoms with E-state index >= 15 is 0 Å². The summed E-state index contributed by atoms with van der Waals surface area (Å²) < 4.78 is 4.83. The lowest BCUT2D eigenvalue weighted by atomic mass is 9.99. The number of methoxy groups -OCH3 is 1. The number of amides is 1. The number of pyridine rings is 1. The highest BCUT2D eigenvalue weighted by atomic mass is 16.5. The summed E-state index contributed by atoms with van der Waals surface area (Å²) in [5.74, 6) is -0.217. The van der Waals surface area contributed by atoms with Crippen molar-refractivity contribution in [2.24, 2.45) is 0 Å². The Morgan fingerprint density at radius 1 is 1.32 bits per heavy atom. The van der Waals surface area contributed by atoms with Crippen molar-refractivity contribution < 1.29 is 14.6 Å². The monoisotopic (exact) mass is 300 g/mol. The van der Waals surface area contributed by atoms with Crippen molar-refractivity contribution in [2.45, 2.75) is 13.0 Å². The number of aliphatic hydroxyl groups excluding tert-OH is 1. The zero-order valence-electron chi connectivity index (χ0n) is 12.7. The standard InChI is InChI=1S/C17H20N2O3/c1-12-14(16-8-3-4-9-18-16)6-5-7-15(12)17(21)19-10-13(20)11-22-2/h3-9,13,20H,10-11H2,1-2H3,(H,19,21). The van der Waals surface area contributed by atoms with Gasteiger partial charge in [0.05, 0.1) is 18.4 Å². The van der Waals surface area contributed by atoms with E-state index in [0.717, 1.165) is 16.8 Å². The smallest absolute Gasteiger partial charge is 0.251 e. The molecule has 0 aliphatic heterocycles. The van der Waals surface area contributed by atoms with Crippen molar-refractivity contribution in [1.29, 1.82) is 0 Å². The number of rotatable bonds is 6. The highest BCUT2D eigenvalue weighted by Gasteiger charge is 2.14. The van der Waals surface area contributed by atoms with E-state index in [1.165, 1.54) is 7.11 Å². The van der Waals surface area contributed by atoms with Crippen LogP contribution in [0.25, 0.3) is 11.3 Å². The first-order chi connectivity index (χ1) is 10.6. The third-order valence-corrected chi connectivity index (χ3v) is 3.38. The summed E-state index contributed by atoms with van der Waals surface area (Å²) in [6.45, 7) is 2.23. The number of nitrogens with one attached hydrogen (secondary N) is 1. The number of carbonyl (C=O) groups excluding carboxylic acids is 1. The summed E-state index contributed by atoms with van der Waals surface area (Å²) in [6.07, 6.45) is 1.01. The molecule has 2 aromatic rings. The van der Waals surface area contributed by atoms with Crippen LogP contribution in [0.15, 0.2) is 42.6 Å². The second-order valence-corrected chi connectivity index (χ2v) is 5.01. The Balaban J connectivity index is 2.17. The number of nitrogens with zero attached hydrogens (tertiary/aromatic N) is 1. The van der Waals surface area contributed by atoms with E-state index in [0.29, 0.717) is 5.56 Å². The first-order valence-corrected chi connectivity index (χ1v) is 7.09. The molecule has 2 rings (SSSR count). The molecular formula is C17H20N2O3. The van der Waals surface area contributed by atoms with Crippen LogP contribution in [0.5, 0.6) is 0 Å². The Morgan fingerprint density at radius 3 is 2.82 bits per heavy atom. The van der Waals surface area contributed by atoms with Crippen LogP contribution in [0, 0.1) is 6.92 Å². The molecule has 1 atom stereocenters. The third kappa shape index (κ3) is 3.90. The van der Waals surface area contributed by atoms with E-state index < -0.39 is 6.10 Å². The van der Waals surface area contributed by atoms with Gasteiger partial charge < -0.3 is 15.2 Å². The van der Waals surface area contributed by atoms with Gasteiger partial charge in [-0.1, -0.05) is 18.2 Å². The summed E-state index contributed by atoms with van der Waals surface area (Å²) in [6, 6.07) is 11.2. The average Bonchev–Trinajstić information content (AvgIpc) is 2.54. The number of ether oxygens (including phenoxy) is 1. The Kier molecular flexibility index (Phi) is 5.63. The molecule has 0 radical (unpaired) electrons. The van der Waals surface area contributed by atoms with Crippen molar-refractivity contribution in [3.63, 3.8) is 0 Å². The van der Waals surface area contributed by atoms with Gasteiger partial charge in [-0.3, -0.25) is 9.78 Å². The van der Waals surface area contributed by atoms with Gasteiger partial charge in [-0.05, 0) is 30.7 Å². The minimum absolute atomic E-state index is 0.153. The molecule has 0 spiro atoms. The molecule has 0 aliphatic rings. The fourth-order valence-electron chi connectivity index (χ4n) is 2.24. The van der Waals surface area contributed by atoms with E-state index in [1.807, 2.05) is 37.3 Å². The summed E-state index contributed by atoms with van der Waals surface area (Å²) in [5.41, 5.74) is 3.19. The molecule has 1 amide bonds. The summed E-state index contributed by atoms with van der Waals surface area (Å²) in [5, 5.41) is 12.3. The number of hydrogen-bond acceptors (Lipinski definition) is 4. The fraction of sp³-hybridized carbons (Fsp3) is 0.294. The van der Waals surface area contributed by atoms with E-state index in [-0.39, 0.29) is 19.1 Å². The van der Waals surface area contributed by atoms with E-state index in [9.17, 15) is 9.90 Å². The Morgan fingerprint density at radius 2 is 2.14 bits per heavy atom. The second-order valence-electron chi connectivity index (χ2n) is 5.01. The predicted molar refractivity (Wildman–Crippen MR) is 84.6 cm³/mol. The molecule has 5 nitrogen and oxygen atoms in total. The van der Waals surface area contributed by atoms with E-state index in [4.69, 9.17) is 4.74 Å². The molecule has 0 saturated heterocycles. The lowest BCUT2D eigenvalue weighted by Gasteiger charge is -2.13. The SMILES string of the molecule is COCC(O)CNC(=O)c1cccc(-c2ccccn2)c1C. The number of carbonyl (C=O) groups is 1. The first kappa shape index (κ1) is 16.1. The Bertz CT molecular complexity index is 629. The largest absolute Gasteiger partial charge is 0.389 e. The normalized spacial score (nSPS) is 12.0. The predicted octanol–water partition coefficient (Wildman–Crippen LogP) is 1.79. The molecular weight excluding hydrogens is 280 g/mol. The maximum absolute atomic E-state index is 12.3. The second kappa shape index (κ2) is 7.68. The molecule has 0 aliphatic carbocycles. The van der Waals surface area contributed by atoms with Crippen molar-refractivity contribution in [3.8, 4) is 11.3 Å². The molecule has 1 aromatic carbocycles. The number of hydrogen-bond donors (Lipinski definition) is 2. The molecule has 1 unspecified atom stereocenters. The van der Waals surface area contributed by atoms with Gasteiger partial charge in [-0.25, -0.2) is 0 Å². The number of aromatic nitrogens is 1. The summed E-state index contributed by atoms with van der Waals surface area (Å²) in [4.78, 5) is 16.6. The van der Waals surface area contributed by atoms with Crippen LogP contribution in [0.4, 0.5) is 0 Å². The minimum atomic E-state index is -0.715. The summed E-state index contributed by atoms with van der Waals surface area (Å²) in [7, 11) is 1.51. The fourth-order valence-corrected chi connectivity index (χ4v) is 2.24. The zero-order chi connectivity index (χ0) is 15.9. The van der Waals surface area contributed by atoms with Gasteiger partial charge in [0.2, 0.25) is 0 Å². The molecule has 22 heavy (non-hydrogen) atoms. The third-order valence-electron chi connectivity index (χ3n) is 3.38. The topological polar surface area (TPSA) is 71.5 Å². The Labute approximate surface area is 130 Å². The van der Waals surface area contributed by atoms with Gasteiger partial charge in [0.25, 0.3) is 5.91 Å². The molecule has 0 saturated carbocycles. The number of benzene rings is 1. The van der Waals surface area contributed by atoms with Gasteiger partial charge in [-0.2, -0.15) is 0 Å². The Hall–Kier alpha value is -2.24. The van der Waals surface area contributed by atoms with Crippen LogP contribution >= 0.6 is 0 Å². The van der Waals surface area contributed by atoms with Crippen molar-refractivity contribution >= 4 is 5.91 Å². The lowest BCUT2D eigenvalue weighted by Crippen LogP contribution is -2.34. The molecule has 5 heteroatoms. The van der Waals surface area contributed by atoms with Crippen LogP contribution < -0.4 is 5.32 Å². The van der Waals surface area contributed by atoms with Gasteiger partial charge in [0, 0.05) is 31.0 Å². The lowest BCUT2D eigenvalue weighted by molar-refractivity contribution is 0.0609. The average molecular weight is 300 g/mol. The maximum Gasteiger partial charge on any atom is 0.251 e. The molecule has 1 heterocycles. The van der Waals surface area contributed by atoms with Crippen molar-refractivity contribution in [1.82, 2.24) is 10.3 Å². The van der Waals surface area contributed by atoms with Crippen molar-refractivity contribution in [2.75, 3.05) is 20.3 Å².